The third-order valence-electron chi connectivity index (χ3n) is 3.83. The number of nitriles is 1. The summed E-state index contributed by atoms with van der Waals surface area (Å²) in [6.45, 7) is 0.284. The fourth-order valence-electron chi connectivity index (χ4n) is 2.33. The number of aliphatic hydroxyl groups is 2. The van der Waals surface area contributed by atoms with E-state index in [1.54, 1.807) is 6.07 Å². The van der Waals surface area contributed by atoms with Crippen molar-refractivity contribution in [1.82, 2.24) is 5.32 Å². The summed E-state index contributed by atoms with van der Waals surface area (Å²) in [5.41, 5.74) is 7.43. The van der Waals surface area contributed by atoms with Crippen LogP contribution in [0.5, 0.6) is 0 Å². The van der Waals surface area contributed by atoms with Gasteiger partial charge in [-0.3, -0.25) is 0 Å². The van der Waals surface area contributed by atoms with Crippen LogP contribution in [-0.2, 0) is 11.3 Å². The van der Waals surface area contributed by atoms with Gasteiger partial charge in [0.15, 0.2) is 0 Å². The molecule has 2 aromatic rings. The Balaban J connectivity index is 1.76. The SMILES string of the molecule is N#Cc1cc(C(O)C(O)CCNC(=O)OCc2ccccc2)ccc1N. The molecule has 0 bridgehead atoms. The van der Waals surface area contributed by atoms with Gasteiger partial charge < -0.3 is 26.0 Å². The number of nitrogens with one attached hydrogen (secondary N) is 1. The molecule has 0 aliphatic rings. The van der Waals surface area contributed by atoms with Crippen LogP contribution in [0.15, 0.2) is 48.5 Å². The van der Waals surface area contributed by atoms with Gasteiger partial charge >= 0.3 is 6.09 Å². The van der Waals surface area contributed by atoms with Crippen molar-refractivity contribution >= 4 is 11.8 Å². The van der Waals surface area contributed by atoms with Gasteiger partial charge in [0, 0.05) is 12.2 Å². The molecule has 2 atom stereocenters. The molecule has 7 nitrogen and oxygen atoms in total. The van der Waals surface area contributed by atoms with Crippen molar-refractivity contribution in [2.75, 3.05) is 12.3 Å². The number of amides is 1. The van der Waals surface area contributed by atoms with E-state index in [2.05, 4.69) is 5.32 Å². The molecular formula is C19H21N3O4. The monoisotopic (exact) mass is 355 g/mol. The number of nitrogens with zero attached hydrogens (tertiary/aromatic N) is 1. The smallest absolute Gasteiger partial charge is 0.407 e. The van der Waals surface area contributed by atoms with Crippen LogP contribution >= 0.6 is 0 Å². The Kier molecular flexibility index (Phi) is 6.97. The van der Waals surface area contributed by atoms with Crippen molar-refractivity contribution in [3.8, 4) is 6.07 Å². The average Bonchev–Trinajstić information content (AvgIpc) is 2.67. The summed E-state index contributed by atoms with van der Waals surface area (Å²) in [4.78, 5) is 11.6. The van der Waals surface area contributed by atoms with Crippen molar-refractivity contribution in [3.63, 3.8) is 0 Å². The van der Waals surface area contributed by atoms with Gasteiger partial charge in [-0.1, -0.05) is 36.4 Å². The maximum absolute atomic E-state index is 11.6. The van der Waals surface area contributed by atoms with E-state index in [1.807, 2.05) is 36.4 Å². The number of carbonyl (C=O) groups is 1. The number of alkyl carbamates (subject to hydrolysis) is 1. The Morgan fingerprint density at radius 2 is 1.96 bits per heavy atom. The third kappa shape index (κ3) is 5.48. The van der Waals surface area contributed by atoms with Crippen LogP contribution in [0, 0.1) is 11.3 Å². The number of aliphatic hydroxyl groups excluding tert-OH is 2. The first-order valence-electron chi connectivity index (χ1n) is 8.11. The number of nitrogen functional groups attached to an aromatic ring is 1. The second kappa shape index (κ2) is 9.42. The number of hydrogen-bond donors (Lipinski definition) is 4. The van der Waals surface area contributed by atoms with E-state index < -0.39 is 18.3 Å². The molecule has 0 spiro atoms. The van der Waals surface area contributed by atoms with Crippen LogP contribution in [0.1, 0.15) is 29.2 Å². The predicted molar refractivity (Wildman–Crippen MR) is 95.8 cm³/mol. The maximum atomic E-state index is 11.6. The van der Waals surface area contributed by atoms with E-state index in [0.29, 0.717) is 11.3 Å². The van der Waals surface area contributed by atoms with Crippen LogP contribution < -0.4 is 11.1 Å². The lowest BCUT2D eigenvalue weighted by molar-refractivity contribution is 0.0136. The van der Waals surface area contributed by atoms with E-state index in [4.69, 9.17) is 15.7 Å². The van der Waals surface area contributed by atoms with Crippen LogP contribution in [0.2, 0.25) is 0 Å². The molecule has 0 saturated heterocycles. The minimum Gasteiger partial charge on any atom is -0.445 e. The quantitative estimate of drug-likeness (QED) is 0.561. The summed E-state index contributed by atoms with van der Waals surface area (Å²) in [6.07, 6.45) is -2.78. The lowest BCUT2D eigenvalue weighted by Gasteiger charge is -2.19. The van der Waals surface area contributed by atoms with E-state index in [1.165, 1.54) is 12.1 Å². The first-order chi connectivity index (χ1) is 12.5. The summed E-state index contributed by atoms with van der Waals surface area (Å²) in [5, 5.41) is 31.7. The number of nitrogens with two attached hydrogens (primary N) is 1. The zero-order chi connectivity index (χ0) is 18.9. The zero-order valence-electron chi connectivity index (χ0n) is 14.1. The molecule has 1 amide bonds. The zero-order valence-corrected chi connectivity index (χ0v) is 14.1. The molecule has 0 saturated carbocycles. The molecule has 2 rings (SSSR count). The summed E-state index contributed by atoms with van der Waals surface area (Å²) < 4.78 is 5.05. The Morgan fingerprint density at radius 3 is 2.65 bits per heavy atom. The first kappa shape index (κ1) is 19.2. The highest BCUT2D eigenvalue weighted by molar-refractivity contribution is 5.67. The topological polar surface area (TPSA) is 129 Å². The number of hydrogen-bond acceptors (Lipinski definition) is 6. The van der Waals surface area contributed by atoms with Crippen LogP contribution in [-0.4, -0.2) is 29.0 Å². The first-order valence-corrected chi connectivity index (χ1v) is 8.11. The fraction of sp³-hybridized carbons (Fsp3) is 0.263. The fourth-order valence-corrected chi connectivity index (χ4v) is 2.33. The molecule has 26 heavy (non-hydrogen) atoms. The molecule has 0 aliphatic heterocycles. The number of anilines is 1. The molecule has 2 aromatic carbocycles. The third-order valence-corrected chi connectivity index (χ3v) is 3.83. The normalized spacial score (nSPS) is 12.7. The Labute approximate surface area is 151 Å². The van der Waals surface area contributed by atoms with Gasteiger partial charge in [0.1, 0.15) is 18.8 Å². The highest BCUT2D eigenvalue weighted by atomic mass is 16.5. The number of rotatable bonds is 7. The maximum Gasteiger partial charge on any atom is 0.407 e. The molecule has 5 N–H and O–H groups in total. The van der Waals surface area contributed by atoms with Crippen molar-refractivity contribution in [1.29, 1.82) is 5.26 Å². The minimum atomic E-state index is -1.19. The van der Waals surface area contributed by atoms with E-state index >= 15 is 0 Å². The van der Waals surface area contributed by atoms with Crippen LogP contribution in [0.25, 0.3) is 0 Å². The average molecular weight is 355 g/mol. The highest BCUT2D eigenvalue weighted by Gasteiger charge is 2.19. The van der Waals surface area contributed by atoms with Gasteiger partial charge in [0.05, 0.1) is 11.7 Å². The molecule has 2 unspecified atom stereocenters. The van der Waals surface area contributed by atoms with Crippen LogP contribution in [0.4, 0.5) is 10.5 Å². The van der Waals surface area contributed by atoms with E-state index in [0.717, 1.165) is 5.56 Å². The molecule has 0 aromatic heterocycles. The van der Waals surface area contributed by atoms with Gasteiger partial charge in [-0.25, -0.2) is 4.79 Å². The molecule has 0 fully saturated rings. The molecular weight excluding hydrogens is 334 g/mol. The molecule has 7 heteroatoms. The van der Waals surface area contributed by atoms with Crippen molar-refractivity contribution in [2.24, 2.45) is 0 Å². The Morgan fingerprint density at radius 1 is 1.23 bits per heavy atom. The second-order valence-corrected chi connectivity index (χ2v) is 5.75. The van der Waals surface area contributed by atoms with Gasteiger partial charge in [0.25, 0.3) is 0 Å². The van der Waals surface area contributed by atoms with Crippen molar-refractivity contribution < 1.29 is 19.7 Å². The summed E-state index contributed by atoms with van der Waals surface area (Å²) in [7, 11) is 0. The predicted octanol–water partition coefficient (Wildman–Crippen LogP) is 1.85. The number of benzene rings is 2. The van der Waals surface area contributed by atoms with Crippen LogP contribution in [0.3, 0.4) is 0 Å². The number of carbonyl (C=O) groups excluding carboxylic acids is 1. The van der Waals surface area contributed by atoms with Gasteiger partial charge in [-0.15, -0.1) is 0 Å². The summed E-state index contributed by atoms with van der Waals surface area (Å²) in [5.74, 6) is 0. The molecule has 136 valence electrons. The summed E-state index contributed by atoms with van der Waals surface area (Å²) in [6, 6.07) is 15.7. The Hall–Kier alpha value is -3.08. The standard InChI is InChI=1S/C19H21N3O4/c20-11-15-10-14(6-7-16(15)21)18(24)17(23)8-9-22-19(25)26-12-13-4-2-1-3-5-13/h1-7,10,17-18,23-24H,8-9,12,21H2,(H,22,25). The molecule has 0 heterocycles. The van der Waals surface area contributed by atoms with Crippen molar-refractivity contribution in [3.05, 3.63) is 65.2 Å². The molecule has 0 aliphatic carbocycles. The van der Waals surface area contributed by atoms with Gasteiger partial charge in [-0.05, 0) is 29.7 Å². The highest BCUT2D eigenvalue weighted by Crippen LogP contribution is 2.22. The lowest BCUT2D eigenvalue weighted by Crippen LogP contribution is -2.29. The second-order valence-electron chi connectivity index (χ2n) is 5.75. The number of ether oxygens (including phenoxy) is 1. The largest absolute Gasteiger partial charge is 0.445 e. The minimum absolute atomic E-state index is 0.119. The molecule has 0 radical (unpaired) electrons. The van der Waals surface area contributed by atoms with E-state index in [9.17, 15) is 15.0 Å². The summed E-state index contributed by atoms with van der Waals surface area (Å²) >= 11 is 0. The van der Waals surface area contributed by atoms with Gasteiger partial charge in [-0.2, -0.15) is 5.26 Å². The lowest BCUT2D eigenvalue weighted by atomic mass is 9.99. The Bertz CT molecular complexity index is 774. The van der Waals surface area contributed by atoms with E-state index in [-0.39, 0.29) is 25.1 Å². The van der Waals surface area contributed by atoms with Crippen molar-refractivity contribution in [2.45, 2.75) is 25.2 Å². The van der Waals surface area contributed by atoms with Gasteiger partial charge in [0.2, 0.25) is 0 Å².